The Morgan fingerprint density at radius 1 is 1.54 bits per heavy atom. The molecule has 7 heteroatoms. The molecule has 24 heavy (non-hydrogen) atoms. The number of guanidine groups is 1. The van der Waals surface area contributed by atoms with Gasteiger partial charge in [0.2, 0.25) is 0 Å². The van der Waals surface area contributed by atoms with Crippen LogP contribution in [0.3, 0.4) is 0 Å². The van der Waals surface area contributed by atoms with Crippen LogP contribution in [0.15, 0.2) is 29.5 Å². The van der Waals surface area contributed by atoms with Crippen LogP contribution in [0.25, 0.3) is 0 Å². The van der Waals surface area contributed by atoms with Crippen LogP contribution in [0, 0.1) is 5.92 Å². The zero-order chi connectivity index (χ0) is 17.2. The zero-order valence-corrected chi connectivity index (χ0v) is 14.4. The van der Waals surface area contributed by atoms with Crippen LogP contribution in [0.5, 0.6) is 5.75 Å². The van der Waals surface area contributed by atoms with Crippen LogP contribution in [-0.4, -0.2) is 61.7 Å². The fraction of sp³-hybridized carbons (Fsp3) is 0.588. The van der Waals surface area contributed by atoms with Gasteiger partial charge in [0.1, 0.15) is 12.4 Å². The highest BCUT2D eigenvalue weighted by Crippen LogP contribution is 2.18. The maximum absolute atomic E-state index is 11.9. The van der Waals surface area contributed by atoms with E-state index in [9.17, 15) is 4.79 Å². The summed E-state index contributed by atoms with van der Waals surface area (Å²) in [6, 6.07) is 3.71. The maximum Gasteiger partial charge on any atom is 0.310 e. The van der Waals surface area contributed by atoms with Crippen molar-refractivity contribution in [2.24, 2.45) is 10.9 Å². The molecule has 2 heterocycles. The summed E-state index contributed by atoms with van der Waals surface area (Å²) >= 11 is 0. The fourth-order valence-corrected chi connectivity index (χ4v) is 2.72. The molecule has 1 aromatic rings. The third-order valence-corrected chi connectivity index (χ3v) is 3.84. The molecule has 0 saturated carbocycles. The van der Waals surface area contributed by atoms with E-state index in [2.05, 4.69) is 20.2 Å². The smallest absolute Gasteiger partial charge is 0.310 e. The summed E-state index contributed by atoms with van der Waals surface area (Å²) in [4.78, 5) is 22.4. The molecule has 1 N–H and O–H groups in total. The highest BCUT2D eigenvalue weighted by Gasteiger charge is 2.28. The van der Waals surface area contributed by atoms with Crippen LogP contribution >= 0.6 is 0 Å². The first-order valence-electron chi connectivity index (χ1n) is 8.39. The Morgan fingerprint density at radius 3 is 3.12 bits per heavy atom. The molecule has 0 radical (unpaired) electrons. The molecule has 1 atom stereocenters. The number of aromatic nitrogens is 1. The van der Waals surface area contributed by atoms with Gasteiger partial charge in [0.05, 0.1) is 25.3 Å². The van der Waals surface area contributed by atoms with Gasteiger partial charge in [0.25, 0.3) is 0 Å². The van der Waals surface area contributed by atoms with Crippen LogP contribution in [0.1, 0.15) is 19.8 Å². The van der Waals surface area contributed by atoms with Crippen molar-refractivity contribution in [1.82, 2.24) is 15.2 Å². The third kappa shape index (κ3) is 5.40. The maximum atomic E-state index is 11.9. The number of esters is 1. The molecule has 0 bridgehead atoms. The first kappa shape index (κ1) is 18.0. The second-order valence-electron chi connectivity index (χ2n) is 5.55. The quantitative estimate of drug-likeness (QED) is 0.366. The molecule has 0 amide bonds. The molecule has 1 unspecified atom stereocenters. The molecular formula is C17H26N4O3. The number of likely N-dealkylation sites (tertiary alicyclic amines) is 1. The third-order valence-electron chi connectivity index (χ3n) is 3.84. The van der Waals surface area contributed by atoms with Gasteiger partial charge in [0.15, 0.2) is 5.96 Å². The lowest BCUT2D eigenvalue weighted by molar-refractivity contribution is -0.149. The van der Waals surface area contributed by atoms with Gasteiger partial charge in [0, 0.05) is 26.3 Å². The van der Waals surface area contributed by atoms with E-state index in [0.717, 1.165) is 31.1 Å². The normalized spacial score (nSPS) is 18.2. The highest BCUT2D eigenvalue weighted by molar-refractivity contribution is 5.81. The molecule has 1 aliphatic rings. The molecule has 7 nitrogen and oxygen atoms in total. The number of piperidine rings is 1. The minimum absolute atomic E-state index is 0.0797. The number of carbonyl (C=O) groups excluding carboxylic acids is 1. The van der Waals surface area contributed by atoms with Crippen molar-refractivity contribution in [2.45, 2.75) is 19.8 Å². The molecule has 0 spiro atoms. The topological polar surface area (TPSA) is 76.0 Å². The number of aliphatic imine (C=N–C) groups is 1. The SMILES string of the molecule is CCOC(=O)C1CCCN(C(=NC)NCCOc2cccnc2)C1. The Morgan fingerprint density at radius 2 is 2.42 bits per heavy atom. The monoisotopic (exact) mass is 334 g/mol. The zero-order valence-electron chi connectivity index (χ0n) is 14.4. The van der Waals surface area contributed by atoms with Crippen molar-refractivity contribution in [3.8, 4) is 5.75 Å². The predicted molar refractivity (Wildman–Crippen MR) is 92.0 cm³/mol. The highest BCUT2D eigenvalue weighted by atomic mass is 16.5. The van der Waals surface area contributed by atoms with Crippen molar-refractivity contribution in [3.63, 3.8) is 0 Å². The summed E-state index contributed by atoms with van der Waals surface area (Å²) in [5.74, 6) is 1.34. The molecule has 1 saturated heterocycles. The lowest BCUT2D eigenvalue weighted by Crippen LogP contribution is -2.49. The Kier molecular flexibility index (Phi) is 7.32. The van der Waals surface area contributed by atoms with Crippen LogP contribution in [0.2, 0.25) is 0 Å². The molecule has 1 aliphatic heterocycles. The Hall–Kier alpha value is -2.31. The summed E-state index contributed by atoms with van der Waals surface area (Å²) in [6.45, 7) is 4.93. The number of nitrogens with zero attached hydrogens (tertiary/aromatic N) is 3. The van der Waals surface area contributed by atoms with Gasteiger partial charge in [-0.2, -0.15) is 0 Å². The predicted octanol–water partition coefficient (Wildman–Crippen LogP) is 1.31. The average molecular weight is 334 g/mol. The van der Waals surface area contributed by atoms with Gasteiger partial charge in [-0.3, -0.25) is 14.8 Å². The van der Waals surface area contributed by atoms with Gasteiger partial charge >= 0.3 is 5.97 Å². The lowest BCUT2D eigenvalue weighted by Gasteiger charge is -2.33. The van der Waals surface area contributed by atoms with E-state index in [-0.39, 0.29) is 11.9 Å². The van der Waals surface area contributed by atoms with Crippen LogP contribution < -0.4 is 10.1 Å². The number of ether oxygens (including phenoxy) is 2. The van der Waals surface area contributed by atoms with E-state index in [1.807, 2.05) is 19.1 Å². The standard InChI is InChI=1S/C17H26N4O3/c1-3-23-16(22)14-6-5-10-21(13-14)17(18-2)20-9-11-24-15-7-4-8-19-12-15/h4,7-8,12,14H,3,5-6,9-11,13H2,1-2H3,(H,18,20). The minimum atomic E-state index is -0.113. The van der Waals surface area contributed by atoms with E-state index in [1.165, 1.54) is 0 Å². The summed E-state index contributed by atoms with van der Waals surface area (Å²) in [6.07, 6.45) is 5.22. The van der Waals surface area contributed by atoms with Gasteiger partial charge in [-0.25, -0.2) is 0 Å². The van der Waals surface area contributed by atoms with E-state index in [4.69, 9.17) is 9.47 Å². The summed E-state index contributed by atoms with van der Waals surface area (Å²) in [5, 5.41) is 3.28. The lowest BCUT2D eigenvalue weighted by atomic mass is 9.98. The Bertz CT molecular complexity index is 536. The second-order valence-corrected chi connectivity index (χ2v) is 5.55. The second kappa shape index (κ2) is 9.75. The molecule has 1 aromatic heterocycles. The Labute approximate surface area is 143 Å². The summed E-state index contributed by atoms with van der Waals surface area (Å²) < 4.78 is 10.7. The number of pyridine rings is 1. The van der Waals surface area contributed by atoms with Crippen molar-refractivity contribution < 1.29 is 14.3 Å². The number of hydrogen-bond donors (Lipinski definition) is 1. The van der Waals surface area contributed by atoms with Crippen LogP contribution in [0.4, 0.5) is 0 Å². The van der Waals surface area contributed by atoms with Gasteiger partial charge < -0.3 is 19.7 Å². The first-order chi connectivity index (χ1) is 11.7. The van der Waals surface area contributed by atoms with Crippen molar-refractivity contribution in [3.05, 3.63) is 24.5 Å². The average Bonchev–Trinajstić information content (AvgIpc) is 2.63. The number of rotatable bonds is 6. The van der Waals surface area contributed by atoms with Crippen molar-refractivity contribution in [2.75, 3.05) is 39.9 Å². The Balaban J connectivity index is 1.77. The van der Waals surface area contributed by atoms with Crippen LogP contribution in [-0.2, 0) is 9.53 Å². The van der Waals surface area contributed by atoms with Gasteiger partial charge in [-0.05, 0) is 31.9 Å². The van der Waals surface area contributed by atoms with Crippen molar-refractivity contribution >= 4 is 11.9 Å². The van der Waals surface area contributed by atoms with E-state index < -0.39 is 0 Å². The summed E-state index contributed by atoms with van der Waals surface area (Å²) in [5.41, 5.74) is 0. The number of nitrogens with one attached hydrogen (secondary N) is 1. The first-order valence-corrected chi connectivity index (χ1v) is 8.39. The molecule has 1 fully saturated rings. The minimum Gasteiger partial charge on any atom is -0.490 e. The number of hydrogen-bond acceptors (Lipinski definition) is 5. The van der Waals surface area contributed by atoms with E-state index in [0.29, 0.717) is 26.3 Å². The summed E-state index contributed by atoms with van der Waals surface area (Å²) in [7, 11) is 1.75. The molecule has 132 valence electrons. The van der Waals surface area contributed by atoms with Gasteiger partial charge in [-0.1, -0.05) is 0 Å². The molecule has 0 aromatic carbocycles. The van der Waals surface area contributed by atoms with E-state index >= 15 is 0 Å². The largest absolute Gasteiger partial charge is 0.490 e. The van der Waals surface area contributed by atoms with E-state index in [1.54, 1.807) is 19.4 Å². The van der Waals surface area contributed by atoms with Gasteiger partial charge in [-0.15, -0.1) is 0 Å². The molecular weight excluding hydrogens is 308 g/mol. The van der Waals surface area contributed by atoms with Crippen molar-refractivity contribution in [1.29, 1.82) is 0 Å². The molecule has 0 aliphatic carbocycles. The fourth-order valence-electron chi connectivity index (χ4n) is 2.72. The number of carbonyl (C=O) groups is 1. The molecule has 2 rings (SSSR count).